The molecule has 5 nitrogen and oxygen atoms in total. The predicted molar refractivity (Wildman–Crippen MR) is 82.1 cm³/mol. The molecule has 0 aromatic heterocycles. The average Bonchev–Trinajstić information content (AvgIpc) is 2.49. The van der Waals surface area contributed by atoms with E-state index in [1.165, 1.54) is 43.5 Å². The van der Waals surface area contributed by atoms with Gasteiger partial charge in [0.25, 0.3) is 0 Å². The van der Waals surface area contributed by atoms with E-state index < -0.39 is 16.1 Å². The van der Waals surface area contributed by atoms with E-state index in [0.717, 1.165) is 6.07 Å². The van der Waals surface area contributed by atoms with Gasteiger partial charge in [-0.3, -0.25) is 0 Å². The minimum absolute atomic E-state index is 0.0557. The van der Waals surface area contributed by atoms with E-state index in [1.807, 2.05) is 0 Å². The number of hydrogen-bond acceptors (Lipinski definition) is 5. The van der Waals surface area contributed by atoms with Crippen molar-refractivity contribution in [3.8, 4) is 5.75 Å². The predicted octanol–water partition coefficient (Wildman–Crippen LogP) is 3.55. The molecule has 0 atom stereocenters. The summed E-state index contributed by atoms with van der Waals surface area (Å²) < 4.78 is 34.0. The molecule has 0 aliphatic carbocycles. The lowest BCUT2D eigenvalue weighted by molar-refractivity contribution is 0.0600. The Morgan fingerprint density at radius 2 is 1.82 bits per heavy atom. The van der Waals surface area contributed by atoms with Crippen LogP contribution in [0.1, 0.15) is 10.4 Å². The summed E-state index contributed by atoms with van der Waals surface area (Å²) in [6, 6.07) is 9.44. The van der Waals surface area contributed by atoms with Crippen LogP contribution in [-0.2, 0) is 14.9 Å². The number of ether oxygens (including phenoxy) is 1. The second-order valence-corrected chi connectivity index (χ2v) is 6.52. The second kappa shape index (κ2) is 6.56. The highest BCUT2D eigenvalue weighted by atomic mass is 35.5. The lowest BCUT2D eigenvalue weighted by Crippen LogP contribution is -2.11. The van der Waals surface area contributed by atoms with Gasteiger partial charge in [0.15, 0.2) is 5.75 Å². The maximum Gasteiger partial charge on any atom is 0.339 e. The first kappa shape index (κ1) is 16.6. The fourth-order valence-corrected chi connectivity index (χ4v) is 3.09. The smallest absolute Gasteiger partial charge is 0.339 e. The summed E-state index contributed by atoms with van der Waals surface area (Å²) in [6.45, 7) is 0. The van der Waals surface area contributed by atoms with Crippen LogP contribution < -0.4 is 4.18 Å². The van der Waals surface area contributed by atoms with Crippen LogP contribution in [0.25, 0.3) is 0 Å². The molecule has 0 bridgehead atoms. The molecule has 22 heavy (non-hydrogen) atoms. The molecule has 2 aromatic rings. The molecule has 0 saturated carbocycles. The first-order chi connectivity index (χ1) is 10.3. The molecule has 116 valence electrons. The Bertz CT molecular complexity index is 818. The third-order valence-electron chi connectivity index (χ3n) is 2.64. The molecule has 0 heterocycles. The summed E-state index contributed by atoms with van der Waals surface area (Å²) >= 11 is 11.6. The van der Waals surface area contributed by atoms with Crippen LogP contribution >= 0.6 is 23.2 Å². The third-order valence-corrected chi connectivity index (χ3v) is 4.40. The topological polar surface area (TPSA) is 69.7 Å². The zero-order valence-electron chi connectivity index (χ0n) is 11.2. The van der Waals surface area contributed by atoms with Crippen LogP contribution in [0.4, 0.5) is 0 Å². The maximum absolute atomic E-state index is 12.2. The van der Waals surface area contributed by atoms with E-state index in [4.69, 9.17) is 27.4 Å². The Morgan fingerprint density at radius 3 is 2.45 bits per heavy atom. The highest BCUT2D eigenvalue weighted by Gasteiger charge is 2.20. The van der Waals surface area contributed by atoms with E-state index >= 15 is 0 Å². The second-order valence-electron chi connectivity index (χ2n) is 4.13. The summed E-state index contributed by atoms with van der Waals surface area (Å²) in [5.74, 6) is -0.712. The van der Waals surface area contributed by atoms with Crippen LogP contribution in [0.3, 0.4) is 0 Å². The fraction of sp³-hybridized carbons (Fsp3) is 0.0714. The van der Waals surface area contributed by atoms with Gasteiger partial charge in [-0.05, 0) is 36.4 Å². The third kappa shape index (κ3) is 3.71. The molecule has 0 spiro atoms. The molecule has 2 aromatic carbocycles. The first-order valence-electron chi connectivity index (χ1n) is 5.91. The molecule has 0 amide bonds. The SMILES string of the molecule is COC(=O)c1cccc(S(=O)(=O)Oc2ccc(Cl)cc2Cl)c1. The Balaban J connectivity index is 2.36. The standard InChI is InChI=1S/C14H10Cl2O5S/c1-20-14(17)9-3-2-4-11(7-9)22(18,19)21-13-6-5-10(15)8-12(13)16/h2-8H,1H3. The van der Waals surface area contributed by atoms with Crippen molar-refractivity contribution < 1.29 is 22.1 Å². The van der Waals surface area contributed by atoms with Crippen LogP contribution in [-0.4, -0.2) is 21.5 Å². The van der Waals surface area contributed by atoms with Crippen molar-refractivity contribution in [3.63, 3.8) is 0 Å². The van der Waals surface area contributed by atoms with E-state index in [1.54, 1.807) is 0 Å². The lowest BCUT2D eigenvalue weighted by atomic mass is 10.2. The van der Waals surface area contributed by atoms with Crippen molar-refractivity contribution in [3.05, 3.63) is 58.1 Å². The lowest BCUT2D eigenvalue weighted by Gasteiger charge is -2.09. The maximum atomic E-state index is 12.2. The largest absolute Gasteiger partial charge is 0.465 e. The molecular weight excluding hydrogens is 351 g/mol. The molecule has 0 aliphatic heterocycles. The van der Waals surface area contributed by atoms with E-state index in [-0.39, 0.29) is 21.2 Å². The summed E-state index contributed by atoms with van der Waals surface area (Å²) in [5.41, 5.74) is 0.0920. The van der Waals surface area contributed by atoms with Gasteiger partial charge in [0.1, 0.15) is 4.90 Å². The van der Waals surface area contributed by atoms with Crippen molar-refractivity contribution in [2.24, 2.45) is 0 Å². The monoisotopic (exact) mass is 360 g/mol. The fourth-order valence-electron chi connectivity index (χ4n) is 1.61. The van der Waals surface area contributed by atoms with Crippen molar-refractivity contribution in [2.45, 2.75) is 4.90 Å². The first-order valence-corrected chi connectivity index (χ1v) is 8.08. The number of esters is 1. The zero-order valence-corrected chi connectivity index (χ0v) is 13.6. The van der Waals surface area contributed by atoms with Crippen molar-refractivity contribution >= 4 is 39.3 Å². The Hall–Kier alpha value is -1.76. The van der Waals surface area contributed by atoms with Gasteiger partial charge in [-0.25, -0.2) is 4.79 Å². The highest BCUT2D eigenvalue weighted by molar-refractivity contribution is 7.87. The van der Waals surface area contributed by atoms with Crippen LogP contribution in [0.15, 0.2) is 47.4 Å². The van der Waals surface area contributed by atoms with Crippen molar-refractivity contribution in [2.75, 3.05) is 7.11 Å². The number of benzene rings is 2. The average molecular weight is 361 g/mol. The summed E-state index contributed by atoms with van der Waals surface area (Å²) in [7, 11) is -2.95. The molecule has 0 unspecified atom stereocenters. The van der Waals surface area contributed by atoms with E-state index in [9.17, 15) is 13.2 Å². The van der Waals surface area contributed by atoms with Gasteiger partial charge in [0, 0.05) is 5.02 Å². The highest BCUT2D eigenvalue weighted by Crippen LogP contribution is 2.30. The summed E-state index contributed by atoms with van der Waals surface area (Å²) in [5, 5.41) is 0.405. The van der Waals surface area contributed by atoms with Gasteiger partial charge < -0.3 is 8.92 Å². The number of carbonyl (C=O) groups is 1. The minimum Gasteiger partial charge on any atom is -0.465 e. The van der Waals surface area contributed by atoms with Crippen LogP contribution in [0.2, 0.25) is 10.0 Å². The normalized spacial score (nSPS) is 11.0. The molecule has 0 saturated heterocycles. The molecule has 0 aliphatic rings. The number of methoxy groups -OCH3 is 1. The Kier molecular flexibility index (Phi) is 4.95. The van der Waals surface area contributed by atoms with Crippen molar-refractivity contribution in [1.82, 2.24) is 0 Å². The van der Waals surface area contributed by atoms with Crippen LogP contribution in [0.5, 0.6) is 5.75 Å². The molecular formula is C14H10Cl2O5S. The van der Waals surface area contributed by atoms with Gasteiger partial charge in [-0.2, -0.15) is 8.42 Å². The van der Waals surface area contributed by atoms with Gasteiger partial charge in [-0.15, -0.1) is 0 Å². The summed E-state index contributed by atoms with van der Waals surface area (Å²) in [6.07, 6.45) is 0. The molecule has 0 fully saturated rings. The van der Waals surface area contributed by atoms with Gasteiger partial charge in [0.05, 0.1) is 17.7 Å². The summed E-state index contributed by atoms with van der Waals surface area (Å²) in [4.78, 5) is 11.3. The Labute approximate surface area is 137 Å². The van der Waals surface area contributed by atoms with Gasteiger partial charge >= 0.3 is 16.1 Å². The van der Waals surface area contributed by atoms with Crippen molar-refractivity contribution in [1.29, 1.82) is 0 Å². The molecule has 0 N–H and O–H groups in total. The molecule has 0 radical (unpaired) electrons. The molecule has 8 heteroatoms. The van der Waals surface area contributed by atoms with E-state index in [0.29, 0.717) is 5.02 Å². The number of hydrogen-bond donors (Lipinski definition) is 0. The quantitative estimate of drug-likeness (QED) is 0.615. The number of halogens is 2. The minimum atomic E-state index is -4.15. The van der Waals surface area contributed by atoms with Gasteiger partial charge in [-0.1, -0.05) is 29.3 Å². The van der Waals surface area contributed by atoms with E-state index in [2.05, 4.69) is 4.74 Å². The number of rotatable bonds is 4. The molecule has 2 rings (SSSR count). The van der Waals surface area contributed by atoms with Crippen LogP contribution in [0, 0.1) is 0 Å². The zero-order chi connectivity index (χ0) is 16.3. The van der Waals surface area contributed by atoms with Gasteiger partial charge in [0.2, 0.25) is 0 Å². The number of carbonyl (C=O) groups excluding carboxylic acids is 1. The Morgan fingerprint density at radius 1 is 1.09 bits per heavy atom.